The van der Waals surface area contributed by atoms with Crippen LogP contribution in [-0.2, 0) is 17.8 Å². The molecule has 2 aromatic carbocycles. The molecule has 3 rings (SSSR count). The zero-order valence-electron chi connectivity index (χ0n) is 18.6. The fourth-order valence-electron chi connectivity index (χ4n) is 4.38. The van der Waals surface area contributed by atoms with Crippen LogP contribution in [0.1, 0.15) is 43.0 Å². The third kappa shape index (κ3) is 4.70. The molecule has 1 aliphatic rings. The number of nitrogens with one attached hydrogen (secondary N) is 2. The summed E-state index contributed by atoms with van der Waals surface area (Å²) in [5.41, 5.74) is 3.72. The second-order valence-electron chi connectivity index (χ2n) is 7.78. The SMILES string of the molecule is CCC(=O)N[C@H](C)[C@@H]1c2cc(OC)c(OC)cc2CC[NH+]1Cc1ccc(OC)cc1. The van der Waals surface area contributed by atoms with E-state index in [0.717, 1.165) is 36.8 Å². The van der Waals surface area contributed by atoms with Gasteiger partial charge in [-0.05, 0) is 48.9 Å². The highest BCUT2D eigenvalue weighted by Crippen LogP contribution is 2.35. The van der Waals surface area contributed by atoms with E-state index in [1.54, 1.807) is 21.3 Å². The van der Waals surface area contributed by atoms with Gasteiger partial charge in [0.2, 0.25) is 5.91 Å². The van der Waals surface area contributed by atoms with E-state index in [4.69, 9.17) is 14.2 Å². The van der Waals surface area contributed by atoms with Gasteiger partial charge in [-0.15, -0.1) is 0 Å². The summed E-state index contributed by atoms with van der Waals surface area (Å²) in [7, 11) is 5.00. The smallest absolute Gasteiger partial charge is 0.220 e. The molecule has 6 heteroatoms. The van der Waals surface area contributed by atoms with Crippen LogP contribution in [0.5, 0.6) is 17.2 Å². The van der Waals surface area contributed by atoms with E-state index in [1.807, 2.05) is 19.1 Å². The maximum atomic E-state index is 12.2. The highest BCUT2D eigenvalue weighted by molar-refractivity contribution is 5.75. The Hall–Kier alpha value is -2.73. The van der Waals surface area contributed by atoms with Crippen LogP contribution in [0, 0.1) is 0 Å². The summed E-state index contributed by atoms with van der Waals surface area (Å²) in [5, 5.41) is 3.19. The highest BCUT2D eigenvalue weighted by atomic mass is 16.5. The monoisotopic (exact) mass is 413 g/mol. The zero-order chi connectivity index (χ0) is 21.7. The number of fused-ring (bicyclic) bond motifs is 1. The summed E-state index contributed by atoms with van der Waals surface area (Å²) in [6.07, 6.45) is 1.43. The summed E-state index contributed by atoms with van der Waals surface area (Å²) < 4.78 is 16.4. The molecule has 2 aromatic rings. The van der Waals surface area contributed by atoms with E-state index in [2.05, 4.69) is 36.5 Å². The predicted molar refractivity (Wildman–Crippen MR) is 116 cm³/mol. The fraction of sp³-hybridized carbons (Fsp3) is 0.458. The van der Waals surface area contributed by atoms with E-state index in [-0.39, 0.29) is 18.0 Å². The van der Waals surface area contributed by atoms with Crippen molar-refractivity contribution in [3.8, 4) is 17.2 Å². The van der Waals surface area contributed by atoms with Crippen molar-refractivity contribution in [2.45, 2.75) is 45.3 Å². The van der Waals surface area contributed by atoms with Crippen molar-refractivity contribution < 1.29 is 23.9 Å². The van der Waals surface area contributed by atoms with Crippen LogP contribution in [0.2, 0.25) is 0 Å². The van der Waals surface area contributed by atoms with Crippen molar-refractivity contribution in [2.24, 2.45) is 0 Å². The summed E-state index contributed by atoms with van der Waals surface area (Å²) in [4.78, 5) is 13.6. The fourth-order valence-corrected chi connectivity index (χ4v) is 4.38. The summed E-state index contributed by atoms with van der Waals surface area (Å²) >= 11 is 0. The first-order valence-electron chi connectivity index (χ1n) is 10.5. The van der Waals surface area contributed by atoms with Gasteiger partial charge < -0.3 is 24.4 Å². The zero-order valence-corrected chi connectivity index (χ0v) is 18.6. The standard InChI is InChI=1S/C24H32N2O4/c1-6-23(27)25-16(2)24-20-14-22(30-5)21(29-4)13-18(20)11-12-26(24)15-17-7-9-19(28-3)10-8-17/h7-10,13-14,16,24H,6,11-12,15H2,1-5H3,(H,25,27)/p+1/t16-,24-/m1/s1. The largest absolute Gasteiger partial charge is 0.497 e. The van der Waals surface area contributed by atoms with Crippen molar-refractivity contribution in [3.63, 3.8) is 0 Å². The van der Waals surface area contributed by atoms with Crippen molar-refractivity contribution in [2.75, 3.05) is 27.9 Å². The first-order chi connectivity index (χ1) is 14.5. The van der Waals surface area contributed by atoms with Gasteiger partial charge in [0.25, 0.3) is 0 Å². The first-order valence-corrected chi connectivity index (χ1v) is 10.5. The maximum absolute atomic E-state index is 12.2. The van der Waals surface area contributed by atoms with Gasteiger partial charge in [-0.2, -0.15) is 0 Å². The predicted octanol–water partition coefficient (Wildman–Crippen LogP) is 2.31. The Kier molecular flexibility index (Phi) is 7.21. The van der Waals surface area contributed by atoms with Gasteiger partial charge in [0.15, 0.2) is 11.5 Å². The average Bonchev–Trinajstić information content (AvgIpc) is 2.78. The van der Waals surface area contributed by atoms with Crippen molar-refractivity contribution in [1.29, 1.82) is 0 Å². The second kappa shape index (κ2) is 9.85. The number of amides is 1. The molecule has 0 spiro atoms. The summed E-state index contributed by atoms with van der Waals surface area (Å²) in [6, 6.07) is 12.5. The minimum atomic E-state index is -0.0113. The molecule has 0 aromatic heterocycles. The van der Waals surface area contributed by atoms with Crippen LogP contribution in [0.4, 0.5) is 0 Å². The molecule has 3 atom stereocenters. The van der Waals surface area contributed by atoms with E-state index < -0.39 is 0 Å². The number of hydrogen-bond donors (Lipinski definition) is 2. The third-order valence-electron chi connectivity index (χ3n) is 5.94. The molecule has 1 heterocycles. The van der Waals surface area contributed by atoms with Crippen molar-refractivity contribution >= 4 is 5.91 Å². The van der Waals surface area contributed by atoms with Gasteiger partial charge in [0.05, 0.1) is 33.9 Å². The van der Waals surface area contributed by atoms with Gasteiger partial charge in [0, 0.05) is 24.0 Å². The first kappa shape index (κ1) is 22.0. The molecule has 30 heavy (non-hydrogen) atoms. The number of hydrogen-bond acceptors (Lipinski definition) is 4. The number of carbonyl (C=O) groups is 1. The molecule has 0 saturated heterocycles. The molecule has 1 unspecified atom stereocenters. The lowest BCUT2D eigenvalue weighted by Gasteiger charge is -2.38. The lowest BCUT2D eigenvalue weighted by molar-refractivity contribution is -0.948. The molecular formula is C24H33N2O4+. The maximum Gasteiger partial charge on any atom is 0.220 e. The normalized spacial score (nSPS) is 18.8. The Morgan fingerprint density at radius 2 is 1.77 bits per heavy atom. The molecule has 0 fully saturated rings. The van der Waals surface area contributed by atoms with Gasteiger partial charge in [-0.1, -0.05) is 6.92 Å². The molecule has 6 nitrogen and oxygen atoms in total. The van der Waals surface area contributed by atoms with E-state index in [0.29, 0.717) is 6.42 Å². The number of ether oxygens (including phenoxy) is 3. The molecule has 0 aliphatic carbocycles. The third-order valence-corrected chi connectivity index (χ3v) is 5.94. The molecular weight excluding hydrogens is 380 g/mol. The Balaban J connectivity index is 1.96. The molecule has 1 aliphatic heterocycles. The molecule has 0 radical (unpaired) electrons. The number of methoxy groups -OCH3 is 3. The highest BCUT2D eigenvalue weighted by Gasteiger charge is 2.37. The quantitative estimate of drug-likeness (QED) is 0.697. The number of quaternary nitrogens is 1. The van der Waals surface area contributed by atoms with Crippen LogP contribution < -0.4 is 24.4 Å². The number of carbonyl (C=O) groups excluding carboxylic acids is 1. The van der Waals surface area contributed by atoms with Crippen molar-refractivity contribution in [3.05, 3.63) is 53.1 Å². The van der Waals surface area contributed by atoms with Gasteiger partial charge >= 0.3 is 0 Å². The minimum absolute atomic E-state index is 0.0113. The minimum Gasteiger partial charge on any atom is -0.497 e. The molecule has 1 amide bonds. The molecule has 0 bridgehead atoms. The topological polar surface area (TPSA) is 61.2 Å². The van der Waals surface area contributed by atoms with Crippen LogP contribution in [0.25, 0.3) is 0 Å². The summed E-state index contributed by atoms with van der Waals surface area (Å²) in [6.45, 7) is 5.82. The van der Waals surface area contributed by atoms with Crippen LogP contribution in [-0.4, -0.2) is 39.8 Å². The average molecular weight is 414 g/mol. The van der Waals surface area contributed by atoms with Gasteiger partial charge in [-0.3, -0.25) is 4.79 Å². The Labute approximate surface area is 179 Å². The number of benzene rings is 2. The second-order valence-corrected chi connectivity index (χ2v) is 7.78. The van der Waals surface area contributed by atoms with E-state index in [1.165, 1.54) is 21.6 Å². The van der Waals surface area contributed by atoms with E-state index in [9.17, 15) is 4.79 Å². The van der Waals surface area contributed by atoms with Gasteiger partial charge in [0.1, 0.15) is 18.3 Å². The van der Waals surface area contributed by atoms with Crippen LogP contribution in [0.3, 0.4) is 0 Å². The van der Waals surface area contributed by atoms with Gasteiger partial charge in [-0.25, -0.2) is 0 Å². The molecule has 2 N–H and O–H groups in total. The summed E-state index contributed by atoms with van der Waals surface area (Å²) in [5.74, 6) is 2.40. The Morgan fingerprint density at radius 3 is 2.37 bits per heavy atom. The van der Waals surface area contributed by atoms with Crippen LogP contribution in [0.15, 0.2) is 36.4 Å². The Bertz CT molecular complexity index is 866. The van der Waals surface area contributed by atoms with E-state index >= 15 is 0 Å². The number of rotatable bonds is 8. The molecule has 162 valence electrons. The Morgan fingerprint density at radius 1 is 1.10 bits per heavy atom. The molecule has 0 saturated carbocycles. The van der Waals surface area contributed by atoms with Crippen molar-refractivity contribution in [1.82, 2.24) is 5.32 Å². The van der Waals surface area contributed by atoms with Crippen LogP contribution >= 0.6 is 0 Å². The lowest BCUT2D eigenvalue weighted by Crippen LogP contribution is -3.13. The lowest BCUT2D eigenvalue weighted by atomic mass is 9.87.